The average molecular weight is 344 g/mol. The van der Waals surface area contributed by atoms with Crippen LogP contribution in [0, 0.1) is 0 Å². The van der Waals surface area contributed by atoms with Crippen molar-refractivity contribution in [1.82, 2.24) is 14.9 Å². The molecule has 2 aromatic rings. The first-order valence-corrected chi connectivity index (χ1v) is 8.86. The summed E-state index contributed by atoms with van der Waals surface area (Å²) in [6.07, 6.45) is 7.99. The van der Waals surface area contributed by atoms with Gasteiger partial charge in [0.05, 0.1) is 18.1 Å². The Balaban J connectivity index is 1.54. The molecule has 0 saturated carbocycles. The van der Waals surface area contributed by atoms with Gasteiger partial charge in [-0.05, 0) is 47.9 Å². The highest BCUT2D eigenvalue weighted by Crippen LogP contribution is 2.17. The second-order valence-electron chi connectivity index (χ2n) is 5.85. The fourth-order valence-corrected chi connectivity index (χ4v) is 3.48. The Labute approximate surface area is 144 Å². The predicted molar refractivity (Wildman–Crippen MR) is 94.9 cm³/mol. The minimum atomic E-state index is -0.994. The van der Waals surface area contributed by atoms with E-state index in [2.05, 4.69) is 37.0 Å². The number of rotatable bonds is 6. The zero-order valence-electron chi connectivity index (χ0n) is 13.3. The van der Waals surface area contributed by atoms with Crippen LogP contribution in [-0.4, -0.2) is 45.1 Å². The Bertz CT molecular complexity index is 685. The number of likely N-dealkylation sites (tertiary alicyclic amines) is 1. The van der Waals surface area contributed by atoms with Crippen LogP contribution in [0.2, 0.25) is 0 Å². The number of aromatic nitrogens is 2. The number of nitrogens with one attached hydrogen (secondary N) is 1. The van der Waals surface area contributed by atoms with Gasteiger partial charge in [-0.3, -0.25) is 9.88 Å². The van der Waals surface area contributed by atoms with E-state index < -0.39 is 5.97 Å². The molecule has 0 amide bonds. The number of carbonyl (C=O) groups is 1. The number of carboxylic acid groups (broad SMARTS) is 1. The van der Waals surface area contributed by atoms with Gasteiger partial charge in [-0.1, -0.05) is 0 Å². The van der Waals surface area contributed by atoms with Gasteiger partial charge in [0.15, 0.2) is 0 Å². The average Bonchev–Trinajstić information content (AvgIpc) is 3.07. The third kappa shape index (κ3) is 4.87. The van der Waals surface area contributed by atoms with E-state index in [0.29, 0.717) is 11.7 Å². The second-order valence-corrected chi connectivity index (χ2v) is 6.63. The van der Waals surface area contributed by atoms with Gasteiger partial charge in [0.25, 0.3) is 0 Å². The van der Waals surface area contributed by atoms with Crippen molar-refractivity contribution in [1.29, 1.82) is 0 Å². The smallest absolute Gasteiger partial charge is 0.328 e. The summed E-state index contributed by atoms with van der Waals surface area (Å²) in [5, 5.41) is 16.4. The molecule has 0 spiro atoms. The molecule has 0 radical (unpaired) electrons. The fraction of sp³-hybridized carbons (Fsp3) is 0.353. The Kier molecular flexibility index (Phi) is 5.55. The van der Waals surface area contributed by atoms with E-state index in [0.717, 1.165) is 44.4 Å². The first-order valence-electron chi connectivity index (χ1n) is 7.92. The van der Waals surface area contributed by atoms with E-state index in [9.17, 15) is 4.79 Å². The van der Waals surface area contributed by atoms with E-state index >= 15 is 0 Å². The molecule has 3 rings (SSSR count). The molecule has 1 atom stereocenters. The van der Waals surface area contributed by atoms with Crippen molar-refractivity contribution in [2.24, 2.45) is 0 Å². The molecule has 0 aliphatic carbocycles. The number of hydrogen-bond acceptors (Lipinski definition) is 6. The molecule has 24 heavy (non-hydrogen) atoms. The Hall–Kier alpha value is -2.25. The summed E-state index contributed by atoms with van der Waals surface area (Å²) in [7, 11) is 0. The summed E-state index contributed by atoms with van der Waals surface area (Å²) in [5.41, 5.74) is 1.90. The van der Waals surface area contributed by atoms with Crippen molar-refractivity contribution in [2.45, 2.75) is 25.4 Å². The largest absolute Gasteiger partial charge is 0.478 e. The van der Waals surface area contributed by atoms with Gasteiger partial charge < -0.3 is 10.4 Å². The lowest BCUT2D eigenvalue weighted by Crippen LogP contribution is -2.41. The van der Waals surface area contributed by atoms with Crippen LogP contribution in [0.25, 0.3) is 6.08 Å². The van der Waals surface area contributed by atoms with Gasteiger partial charge in [0.2, 0.25) is 0 Å². The number of piperidine rings is 1. The lowest BCUT2D eigenvalue weighted by atomic mass is 10.1. The molecule has 1 aliphatic heterocycles. The summed E-state index contributed by atoms with van der Waals surface area (Å²) in [5.74, 6) is -0.267. The normalized spacial score (nSPS) is 18.8. The monoisotopic (exact) mass is 344 g/mol. The zero-order valence-corrected chi connectivity index (χ0v) is 14.1. The lowest BCUT2D eigenvalue weighted by Gasteiger charge is -2.33. The summed E-state index contributed by atoms with van der Waals surface area (Å²) in [6.45, 7) is 3.10. The topological polar surface area (TPSA) is 78.3 Å². The highest BCUT2D eigenvalue weighted by molar-refractivity contribution is 7.07. The third-order valence-corrected chi connectivity index (χ3v) is 4.64. The molecular formula is C17H20N4O2S. The van der Waals surface area contributed by atoms with E-state index in [4.69, 9.17) is 5.11 Å². The van der Waals surface area contributed by atoms with Gasteiger partial charge in [-0.15, -0.1) is 0 Å². The predicted octanol–water partition coefficient (Wildman–Crippen LogP) is 2.71. The number of carboxylic acids is 1. The van der Waals surface area contributed by atoms with Crippen LogP contribution in [0.5, 0.6) is 0 Å². The Morgan fingerprint density at radius 1 is 1.46 bits per heavy atom. The molecule has 1 fully saturated rings. The summed E-state index contributed by atoms with van der Waals surface area (Å²) < 4.78 is 0. The Morgan fingerprint density at radius 3 is 3.08 bits per heavy atom. The molecule has 126 valence electrons. The van der Waals surface area contributed by atoms with Gasteiger partial charge in [0, 0.05) is 25.2 Å². The highest BCUT2D eigenvalue weighted by Gasteiger charge is 2.20. The molecule has 0 aromatic carbocycles. The van der Waals surface area contributed by atoms with E-state index in [1.165, 1.54) is 11.6 Å². The molecule has 1 saturated heterocycles. The molecule has 0 bridgehead atoms. The summed E-state index contributed by atoms with van der Waals surface area (Å²) in [6, 6.07) is 2.53. The van der Waals surface area contributed by atoms with Crippen LogP contribution in [0.3, 0.4) is 0 Å². The van der Waals surface area contributed by atoms with Crippen molar-refractivity contribution >= 4 is 29.2 Å². The van der Waals surface area contributed by atoms with Gasteiger partial charge in [-0.25, -0.2) is 9.78 Å². The number of nitrogens with zero attached hydrogens (tertiary/aromatic N) is 3. The molecule has 0 unspecified atom stereocenters. The molecule has 6 nitrogen and oxygen atoms in total. The van der Waals surface area contributed by atoms with Gasteiger partial charge in [-0.2, -0.15) is 11.3 Å². The summed E-state index contributed by atoms with van der Waals surface area (Å²) in [4.78, 5) is 21.5. The molecule has 1 aliphatic rings. The SMILES string of the molecule is O=C(O)/C=C/c1cnc(N[C@@H]2CCCN(Cc3ccsc3)C2)cn1. The lowest BCUT2D eigenvalue weighted by molar-refractivity contribution is -0.131. The maximum atomic E-state index is 10.5. The number of thiophene rings is 1. The number of anilines is 1. The van der Waals surface area contributed by atoms with E-state index in [-0.39, 0.29) is 0 Å². The van der Waals surface area contributed by atoms with Crippen LogP contribution in [-0.2, 0) is 11.3 Å². The Morgan fingerprint density at radius 2 is 2.38 bits per heavy atom. The maximum absolute atomic E-state index is 10.5. The van der Waals surface area contributed by atoms with Gasteiger partial charge >= 0.3 is 5.97 Å². The van der Waals surface area contributed by atoms with Crippen molar-refractivity contribution < 1.29 is 9.90 Å². The van der Waals surface area contributed by atoms with Crippen LogP contribution >= 0.6 is 11.3 Å². The fourth-order valence-electron chi connectivity index (χ4n) is 2.82. The summed E-state index contributed by atoms with van der Waals surface area (Å²) >= 11 is 1.74. The minimum Gasteiger partial charge on any atom is -0.478 e. The zero-order chi connectivity index (χ0) is 16.8. The molecule has 7 heteroatoms. The number of hydrogen-bond donors (Lipinski definition) is 2. The van der Waals surface area contributed by atoms with Crippen molar-refractivity contribution in [2.75, 3.05) is 18.4 Å². The van der Waals surface area contributed by atoms with Crippen LogP contribution in [0.15, 0.2) is 35.3 Å². The van der Waals surface area contributed by atoms with Gasteiger partial charge in [0.1, 0.15) is 5.82 Å². The first kappa shape index (κ1) is 16.6. The third-order valence-electron chi connectivity index (χ3n) is 3.91. The quantitative estimate of drug-likeness (QED) is 0.785. The first-order chi connectivity index (χ1) is 11.7. The van der Waals surface area contributed by atoms with E-state index in [1.807, 2.05) is 0 Å². The standard InChI is InChI=1S/C17H20N4O2S/c22-17(23)4-3-14-8-19-16(9-18-14)20-15-2-1-6-21(11-15)10-13-5-7-24-12-13/h3-5,7-9,12,15H,1-2,6,10-11H2,(H,19,20)(H,22,23)/b4-3+/t15-/m1/s1. The van der Waals surface area contributed by atoms with Crippen molar-refractivity contribution in [3.63, 3.8) is 0 Å². The minimum absolute atomic E-state index is 0.354. The molecule has 2 aromatic heterocycles. The second kappa shape index (κ2) is 8.03. The maximum Gasteiger partial charge on any atom is 0.328 e. The highest BCUT2D eigenvalue weighted by atomic mass is 32.1. The molecule has 3 heterocycles. The van der Waals surface area contributed by atoms with Crippen molar-refractivity contribution in [3.05, 3.63) is 46.6 Å². The molecule has 2 N–H and O–H groups in total. The van der Waals surface area contributed by atoms with E-state index in [1.54, 1.807) is 23.7 Å². The molecular weight excluding hydrogens is 324 g/mol. The van der Waals surface area contributed by atoms with Crippen molar-refractivity contribution in [3.8, 4) is 0 Å². The number of aliphatic carboxylic acids is 1. The van der Waals surface area contributed by atoms with Crippen LogP contribution in [0.1, 0.15) is 24.1 Å². The van der Waals surface area contributed by atoms with Crippen LogP contribution in [0.4, 0.5) is 5.82 Å². The van der Waals surface area contributed by atoms with Crippen LogP contribution < -0.4 is 5.32 Å².